The highest BCUT2D eigenvalue weighted by molar-refractivity contribution is 6.05. The molecule has 16 heavy (non-hydrogen) atoms. The number of imidazole rings is 1. The molecule has 0 bridgehead atoms. The number of aromatic amines is 1. The van der Waals surface area contributed by atoms with E-state index in [9.17, 15) is 9.90 Å². The maximum absolute atomic E-state index is 11.7. The number of benzene rings is 1. The number of carbonyl (C=O) groups excluding carboxylic acids is 1. The summed E-state index contributed by atoms with van der Waals surface area (Å²) in [6.07, 6.45) is 1.39. The van der Waals surface area contributed by atoms with Crippen LogP contribution < -0.4 is 11.1 Å². The molecule has 0 atom stereocenters. The van der Waals surface area contributed by atoms with E-state index >= 15 is 0 Å². The largest absolute Gasteiger partial charge is 0.507 e. The summed E-state index contributed by atoms with van der Waals surface area (Å²) < 4.78 is 0. The number of nitrogens with two attached hydrogens (primary N) is 1. The van der Waals surface area contributed by atoms with Gasteiger partial charge in [0.1, 0.15) is 11.6 Å². The Morgan fingerprint density at radius 2 is 2.19 bits per heavy atom. The second kappa shape index (κ2) is 3.93. The first-order valence-corrected chi connectivity index (χ1v) is 4.56. The van der Waals surface area contributed by atoms with E-state index in [4.69, 9.17) is 5.73 Å². The van der Waals surface area contributed by atoms with Gasteiger partial charge in [-0.05, 0) is 12.1 Å². The predicted molar refractivity (Wildman–Crippen MR) is 59.1 cm³/mol. The van der Waals surface area contributed by atoms with Gasteiger partial charge in [-0.2, -0.15) is 0 Å². The van der Waals surface area contributed by atoms with Crippen molar-refractivity contribution >= 4 is 17.7 Å². The third kappa shape index (κ3) is 1.95. The van der Waals surface area contributed by atoms with Gasteiger partial charge in [0.05, 0.1) is 11.8 Å². The average Bonchev–Trinajstić information content (AvgIpc) is 2.64. The first kappa shape index (κ1) is 10.0. The van der Waals surface area contributed by atoms with Crippen LogP contribution in [0.1, 0.15) is 10.4 Å². The fourth-order valence-corrected chi connectivity index (χ4v) is 1.24. The minimum absolute atomic E-state index is 0.0838. The number of phenolic OH excluding ortho intramolecular Hbond substituents is 1. The number of nitrogens with zero attached hydrogens (tertiary/aromatic N) is 1. The molecule has 0 spiro atoms. The van der Waals surface area contributed by atoms with E-state index in [0.29, 0.717) is 5.82 Å². The molecule has 0 aliphatic heterocycles. The van der Waals surface area contributed by atoms with Crippen LogP contribution in [0.3, 0.4) is 0 Å². The standard InChI is InChI=1S/C10H10N4O2/c11-8-5-12-10(13-8)14-9(16)6-3-1-2-4-7(6)15/h1-5,15H,11H2,(H2,12,13,14,16). The Kier molecular flexibility index (Phi) is 2.47. The Bertz CT molecular complexity index is 521. The van der Waals surface area contributed by atoms with Gasteiger partial charge in [-0.25, -0.2) is 4.98 Å². The summed E-state index contributed by atoms with van der Waals surface area (Å²) in [6.45, 7) is 0. The number of nitrogens with one attached hydrogen (secondary N) is 2. The highest BCUT2D eigenvalue weighted by atomic mass is 16.3. The van der Waals surface area contributed by atoms with Crippen molar-refractivity contribution in [1.29, 1.82) is 0 Å². The minimum atomic E-state index is -0.451. The zero-order chi connectivity index (χ0) is 11.5. The molecule has 0 fully saturated rings. The Hall–Kier alpha value is -2.50. The molecule has 1 aromatic heterocycles. The van der Waals surface area contributed by atoms with E-state index < -0.39 is 5.91 Å². The van der Waals surface area contributed by atoms with Crippen molar-refractivity contribution in [3.8, 4) is 5.75 Å². The minimum Gasteiger partial charge on any atom is -0.507 e. The van der Waals surface area contributed by atoms with Crippen LogP contribution in [-0.2, 0) is 0 Å². The summed E-state index contributed by atoms with van der Waals surface area (Å²) in [7, 11) is 0. The van der Waals surface area contributed by atoms with Gasteiger partial charge in [0.2, 0.25) is 5.95 Å². The second-order valence-electron chi connectivity index (χ2n) is 3.16. The summed E-state index contributed by atoms with van der Waals surface area (Å²) in [5.41, 5.74) is 5.58. The second-order valence-corrected chi connectivity index (χ2v) is 3.16. The smallest absolute Gasteiger partial charge is 0.261 e. The maximum Gasteiger partial charge on any atom is 0.261 e. The Labute approximate surface area is 91.1 Å². The van der Waals surface area contributed by atoms with Crippen LogP contribution in [0.5, 0.6) is 5.75 Å². The summed E-state index contributed by atoms with van der Waals surface area (Å²) >= 11 is 0. The quantitative estimate of drug-likeness (QED) is 0.602. The molecule has 0 unspecified atom stereocenters. The lowest BCUT2D eigenvalue weighted by molar-refractivity contribution is 0.102. The van der Waals surface area contributed by atoms with Gasteiger partial charge in [-0.1, -0.05) is 12.1 Å². The molecule has 2 rings (SSSR count). The number of hydrogen-bond acceptors (Lipinski definition) is 4. The number of H-pyrrole nitrogens is 1. The molecule has 5 N–H and O–H groups in total. The fourth-order valence-electron chi connectivity index (χ4n) is 1.24. The maximum atomic E-state index is 11.7. The van der Waals surface area contributed by atoms with Crippen LogP contribution in [0.25, 0.3) is 0 Å². The first-order chi connectivity index (χ1) is 7.66. The third-order valence-corrected chi connectivity index (χ3v) is 1.98. The number of aromatic hydroxyl groups is 1. The molecule has 0 aliphatic carbocycles. The third-order valence-electron chi connectivity index (χ3n) is 1.98. The van der Waals surface area contributed by atoms with E-state index in [-0.39, 0.29) is 17.3 Å². The van der Waals surface area contributed by atoms with Gasteiger partial charge in [0, 0.05) is 0 Å². The molecular formula is C10H10N4O2. The van der Waals surface area contributed by atoms with E-state index in [1.54, 1.807) is 12.1 Å². The summed E-state index contributed by atoms with van der Waals surface area (Å²) in [5.74, 6) is 0.0605. The molecule has 0 radical (unpaired) electrons. The van der Waals surface area contributed by atoms with Gasteiger partial charge in [-0.3, -0.25) is 10.1 Å². The van der Waals surface area contributed by atoms with Gasteiger partial charge in [0.15, 0.2) is 0 Å². The fraction of sp³-hybridized carbons (Fsp3) is 0. The summed E-state index contributed by atoms with van der Waals surface area (Å²) in [5, 5.41) is 11.9. The molecule has 1 aromatic carbocycles. The number of hydrogen-bond donors (Lipinski definition) is 4. The van der Waals surface area contributed by atoms with Gasteiger partial charge >= 0.3 is 0 Å². The molecule has 0 aliphatic rings. The van der Waals surface area contributed by atoms with Crippen molar-refractivity contribution in [2.45, 2.75) is 0 Å². The Balaban J connectivity index is 2.18. The molecule has 1 heterocycles. The molecule has 1 amide bonds. The molecule has 6 heteroatoms. The number of anilines is 2. The zero-order valence-corrected chi connectivity index (χ0v) is 8.27. The van der Waals surface area contributed by atoms with Gasteiger partial charge < -0.3 is 15.8 Å². The van der Waals surface area contributed by atoms with Gasteiger partial charge in [0.25, 0.3) is 5.91 Å². The van der Waals surface area contributed by atoms with Crippen LogP contribution >= 0.6 is 0 Å². The summed E-state index contributed by atoms with van der Waals surface area (Å²) in [6, 6.07) is 6.24. The topological polar surface area (TPSA) is 104 Å². The molecule has 82 valence electrons. The lowest BCUT2D eigenvalue weighted by Crippen LogP contribution is -2.13. The van der Waals surface area contributed by atoms with E-state index in [1.807, 2.05) is 0 Å². The number of aromatic nitrogens is 2. The monoisotopic (exact) mass is 218 g/mol. The molecule has 2 aromatic rings. The van der Waals surface area contributed by atoms with Gasteiger partial charge in [-0.15, -0.1) is 0 Å². The first-order valence-electron chi connectivity index (χ1n) is 4.56. The predicted octanol–water partition coefficient (Wildman–Crippen LogP) is 0.950. The van der Waals surface area contributed by atoms with Crippen LogP contribution in [0.4, 0.5) is 11.8 Å². The van der Waals surface area contributed by atoms with Crippen molar-refractivity contribution < 1.29 is 9.90 Å². The normalized spacial score (nSPS) is 10.0. The average molecular weight is 218 g/mol. The van der Waals surface area contributed by atoms with Crippen molar-refractivity contribution in [3.05, 3.63) is 36.0 Å². The van der Waals surface area contributed by atoms with Crippen LogP contribution in [0.2, 0.25) is 0 Å². The van der Waals surface area contributed by atoms with E-state index in [1.165, 1.54) is 18.3 Å². The molecular weight excluding hydrogens is 208 g/mol. The lowest BCUT2D eigenvalue weighted by Gasteiger charge is -2.03. The molecule has 0 saturated carbocycles. The highest BCUT2D eigenvalue weighted by Crippen LogP contribution is 2.16. The Morgan fingerprint density at radius 1 is 1.44 bits per heavy atom. The number of para-hydroxylation sites is 1. The van der Waals surface area contributed by atoms with E-state index in [0.717, 1.165) is 0 Å². The number of amides is 1. The Morgan fingerprint density at radius 3 is 2.81 bits per heavy atom. The van der Waals surface area contributed by atoms with E-state index in [2.05, 4.69) is 15.3 Å². The van der Waals surface area contributed by atoms with Crippen LogP contribution in [-0.4, -0.2) is 21.0 Å². The highest BCUT2D eigenvalue weighted by Gasteiger charge is 2.11. The SMILES string of the molecule is Nc1cnc(NC(=O)c2ccccc2O)[nH]1. The van der Waals surface area contributed by atoms with Crippen molar-refractivity contribution in [3.63, 3.8) is 0 Å². The van der Waals surface area contributed by atoms with Crippen molar-refractivity contribution in [2.24, 2.45) is 0 Å². The zero-order valence-electron chi connectivity index (χ0n) is 8.27. The van der Waals surface area contributed by atoms with Crippen molar-refractivity contribution in [1.82, 2.24) is 9.97 Å². The number of rotatable bonds is 2. The van der Waals surface area contributed by atoms with Crippen LogP contribution in [0.15, 0.2) is 30.5 Å². The van der Waals surface area contributed by atoms with Crippen molar-refractivity contribution in [2.75, 3.05) is 11.1 Å². The molecule has 6 nitrogen and oxygen atoms in total. The number of nitrogen functional groups attached to an aromatic ring is 1. The van der Waals surface area contributed by atoms with Crippen LogP contribution in [0, 0.1) is 0 Å². The summed E-state index contributed by atoms with van der Waals surface area (Å²) in [4.78, 5) is 18.1. The number of phenols is 1. The lowest BCUT2D eigenvalue weighted by atomic mass is 10.2. The number of carbonyl (C=O) groups is 1. The molecule has 0 saturated heterocycles.